The Kier molecular flexibility index (Phi) is 8.20. The Morgan fingerprint density at radius 1 is 0.745 bits per heavy atom. The van der Waals surface area contributed by atoms with Gasteiger partial charge in [-0.3, -0.25) is 9.80 Å². The number of rotatable bonds is 4. The zero-order chi connectivity index (χ0) is 32.8. The maximum absolute atomic E-state index is 12.2. The second-order valence-electron chi connectivity index (χ2n) is 12.6. The summed E-state index contributed by atoms with van der Waals surface area (Å²) in [6.07, 6.45) is 3.06. The SMILES string of the molecule is COc1cc2c3cc1Oc1c(OC)c(OC)cc4c1[C@H](Cc1ccc(cc1)Oc1cc(ccc1C(=O)O)C[C@H]3N(C)CC2)N(C)CC4. The van der Waals surface area contributed by atoms with Crippen LogP contribution in [-0.2, 0) is 25.7 Å². The fourth-order valence-corrected chi connectivity index (χ4v) is 7.30. The van der Waals surface area contributed by atoms with Crippen molar-refractivity contribution in [2.75, 3.05) is 48.5 Å². The first-order chi connectivity index (χ1) is 22.8. The van der Waals surface area contributed by atoms with Gasteiger partial charge in [0.2, 0.25) is 5.75 Å². The van der Waals surface area contributed by atoms with Crippen molar-refractivity contribution in [3.05, 3.63) is 99.6 Å². The second kappa shape index (κ2) is 12.5. The highest BCUT2D eigenvalue weighted by molar-refractivity contribution is 5.91. The van der Waals surface area contributed by atoms with Gasteiger partial charge >= 0.3 is 5.97 Å². The molecule has 4 heterocycles. The number of methoxy groups -OCH3 is 3. The van der Waals surface area contributed by atoms with Crippen LogP contribution < -0.4 is 23.7 Å². The third kappa shape index (κ3) is 5.64. The van der Waals surface area contributed by atoms with E-state index in [4.69, 9.17) is 23.7 Å². The third-order valence-corrected chi connectivity index (χ3v) is 9.90. The topological polar surface area (TPSA) is 89.9 Å². The summed E-state index contributed by atoms with van der Waals surface area (Å²) in [7, 11) is 9.23. The highest BCUT2D eigenvalue weighted by atomic mass is 16.5. The zero-order valence-electron chi connectivity index (χ0n) is 27.5. The molecule has 0 aliphatic carbocycles. The predicted octanol–water partition coefficient (Wildman–Crippen LogP) is 6.85. The van der Waals surface area contributed by atoms with E-state index in [1.165, 1.54) is 5.56 Å². The molecule has 0 aromatic heterocycles. The van der Waals surface area contributed by atoms with Crippen molar-refractivity contribution in [1.29, 1.82) is 0 Å². The molecule has 0 fully saturated rings. The molecule has 4 aliphatic heterocycles. The fraction of sp³-hybridized carbons (Fsp3) is 0.342. The number of fused-ring (bicyclic) bond motifs is 2. The van der Waals surface area contributed by atoms with Crippen LogP contribution in [0, 0.1) is 0 Å². The van der Waals surface area contributed by atoms with E-state index in [0.717, 1.165) is 53.7 Å². The zero-order valence-corrected chi connectivity index (χ0v) is 27.5. The van der Waals surface area contributed by atoms with E-state index >= 15 is 0 Å². The largest absolute Gasteiger partial charge is 0.493 e. The first-order valence-corrected chi connectivity index (χ1v) is 16.0. The van der Waals surface area contributed by atoms with Crippen LogP contribution in [0.25, 0.3) is 0 Å². The lowest BCUT2D eigenvalue weighted by atomic mass is 9.87. The minimum atomic E-state index is -1.03. The molecular weight excluding hydrogens is 596 g/mol. The average molecular weight is 637 g/mol. The number of carboxylic acid groups (broad SMARTS) is 1. The van der Waals surface area contributed by atoms with Gasteiger partial charge in [-0.05, 0) is 110 Å². The Labute approximate surface area is 275 Å². The second-order valence-corrected chi connectivity index (χ2v) is 12.6. The van der Waals surface area contributed by atoms with Crippen LogP contribution in [0.4, 0.5) is 0 Å². The Morgan fingerprint density at radius 3 is 2.11 bits per heavy atom. The molecule has 6 bridgehead atoms. The van der Waals surface area contributed by atoms with Crippen molar-refractivity contribution < 1.29 is 33.6 Å². The van der Waals surface area contributed by atoms with Gasteiger partial charge < -0.3 is 28.8 Å². The molecule has 4 aromatic carbocycles. The van der Waals surface area contributed by atoms with Gasteiger partial charge in [-0.25, -0.2) is 4.79 Å². The van der Waals surface area contributed by atoms with E-state index in [2.05, 4.69) is 42.1 Å². The van der Waals surface area contributed by atoms with Crippen LogP contribution in [0.1, 0.15) is 55.8 Å². The van der Waals surface area contributed by atoms with Gasteiger partial charge in [0.15, 0.2) is 23.0 Å². The van der Waals surface area contributed by atoms with Crippen LogP contribution in [-0.4, -0.2) is 69.4 Å². The summed E-state index contributed by atoms with van der Waals surface area (Å²) < 4.78 is 31.1. The predicted molar refractivity (Wildman–Crippen MR) is 178 cm³/mol. The van der Waals surface area contributed by atoms with Gasteiger partial charge in [-0.15, -0.1) is 0 Å². The molecule has 0 saturated carbocycles. The summed E-state index contributed by atoms with van der Waals surface area (Å²) in [5.41, 5.74) is 6.76. The monoisotopic (exact) mass is 636 g/mol. The third-order valence-electron chi connectivity index (χ3n) is 9.90. The van der Waals surface area contributed by atoms with E-state index in [1.54, 1.807) is 27.4 Å². The molecule has 2 atom stereocenters. The van der Waals surface area contributed by atoms with Crippen LogP contribution in [0.2, 0.25) is 0 Å². The maximum Gasteiger partial charge on any atom is 0.339 e. The van der Waals surface area contributed by atoms with Crippen molar-refractivity contribution in [3.8, 4) is 40.2 Å². The summed E-state index contributed by atoms with van der Waals surface area (Å²) >= 11 is 0. The summed E-state index contributed by atoms with van der Waals surface area (Å²) in [6.45, 7) is 1.74. The van der Waals surface area contributed by atoms with Gasteiger partial charge in [0, 0.05) is 30.7 Å². The molecule has 4 aliphatic rings. The molecule has 1 N–H and O–H groups in total. The van der Waals surface area contributed by atoms with E-state index in [1.807, 2.05) is 36.4 Å². The molecule has 0 unspecified atom stereocenters. The molecule has 0 saturated heterocycles. The normalized spacial score (nSPS) is 19.0. The van der Waals surface area contributed by atoms with Crippen molar-refractivity contribution in [2.45, 2.75) is 37.8 Å². The lowest BCUT2D eigenvalue weighted by Gasteiger charge is -2.37. The molecule has 4 aromatic rings. The number of benzene rings is 4. The molecule has 244 valence electrons. The molecule has 47 heavy (non-hydrogen) atoms. The minimum absolute atomic E-state index is 0.00806. The number of hydrogen-bond donors (Lipinski definition) is 1. The van der Waals surface area contributed by atoms with E-state index in [-0.39, 0.29) is 17.6 Å². The number of carbonyl (C=O) groups is 1. The summed E-state index contributed by atoms with van der Waals surface area (Å²) in [4.78, 5) is 16.9. The Morgan fingerprint density at radius 2 is 1.40 bits per heavy atom. The number of ether oxygens (including phenoxy) is 5. The maximum atomic E-state index is 12.2. The van der Waals surface area contributed by atoms with Crippen LogP contribution in [0.3, 0.4) is 0 Å². The minimum Gasteiger partial charge on any atom is -0.493 e. The molecule has 0 radical (unpaired) electrons. The van der Waals surface area contributed by atoms with Gasteiger partial charge in [-0.1, -0.05) is 18.2 Å². The van der Waals surface area contributed by atoms with Gasteiger partial charge in [0.25, 0.3) is 0 Å². The number of nitrogens with zero attached hydrogens (tertiary/aromatic N) is 2. The van der Waals surface area contributed by atoms with E-state index < -0.39 is 5.97 Å². The first kappa shape index (κ1) is 30.9. The van der Waals surface area contributed by atoms with Gasteiger partial charge in [-0.2, -0.15) is 0 Å². The van der Waals surface area contributed by atoms with Crippen LogP contribution >= 0.6 is 0 Å². The first-order valence-electron chi connectivity index (χ1n) is 16.0. The van der Waals surface area contributed by atoms with Gasteiger partial charge in [0.1, 0.15) is 17.1 Å². The van der Waals surface area contributed by atoms with Crippen molar-refractivity contribution in [3.63, 3.8) is 0 Å². The lowest BCUT2D eigenvalue weighted by molar-refractivity contribution is 0.0694. The Balaban J connectivity index is 1.46. The smallest absolute Gasteiger partial charge is 0.339 e. The number of carboxylic acids is 1. The highest BCUT2D eigenvalue weighted by Crippen LogP contribution is 2.51. The van der Waals surface area contributed by atoms with Gasteiger partial charge in [0.05, 0.1) is 21.3 Å². The number of hydrogen-bond acceptors (Lipinski definition) is 8. The number of aromatic carboxylic acids is 1. The van der Waals surface area contributed by atoms with E-state index in [0.29, 0.717) is 53.1 Å². The summed E-state index contributed by atoms with van der Waals surface area (Å²) in [5.74, 6) is 2.94. The fourth-order valence-electron chi connectivity index (χ4n) is 7.30. The van der Waals surface area contributed by atoms with Crippen LogP contribution in [0.15, 0.2) is 60.7 Å². The summed E-state index contributed by atoms with van der Waals surface area (Å²) in [5, 5.41) is 9.98. The molecule has 0 amide bonds. The molecule has 9 nitrogen and oxygen atoms in total. The molecule has 0 spiro atoms. The van der Waals surface area contributed by atoms with E-state index in [9.17, 15) is 9.90 Å². The highest BCUT2D eigenvalue weighted by Gasteiger charge is 2.34. The Bertz CT molecular complexity index is 1840. The van der Waals surface area contributed by atoms with Crippen molar-refractivity contribution in [1.82, 2.24) is 9.80 Å². The standard InChI is InChI=1S/C38H40N2O7/c1-39-14-12-24-19-32(43-3)33-21-28(24)29(39)17-23-8-11-27(38(41)42)31(18-23)46-26-9-6-22(7-10-26)16-30-35-25(13-15-40(30)2)20-34(44-4)36(45-5)37(35)47-33/h6-11,18-21,29-30H,12-17H2,1-5H3,(H,41,42)/t29-,30+/m1/s1. The summed E-state index contributed by atoms with van der Waals surface area (Å²) in [6, 6.07) is 19.5. The lowest BCUT2D eigenvalue weighted by Crippen LogP contribution is -2.34. The Hall–Kier alpha value is -4.73. The molecule has 8 rings (SSSR count). The van der Waals surface area contributed by atoms with Crippen LogP contribution in [0.5, 0.6) is 40.2 Å². The quantitative estimate of drug-likeness (QED) is 0.258. The van der Waals surface area contributed by atoms with Crippen molar-refractivity contribution in [2.24, 2.45) is 0 Å². The average Bonchev–Trinajstić information content (AvgIpc) is 3.07. The molecule has 9 heteroatoms. The van der Waals surface area contributed by atoms with Crippen molar-refractivity contribution >= 4 is 5.97 Å². The number of likely N-dealkylation sites (N-methyl/N-ethyl adjacent to an activating group) is 2. The molecular formula is C38H40N2O7.